The maximum atomic E-state index is 11.5. The van der Waals surface area contributed by atoms with Crippen LogP contribution in [0.5, 0.6) is 0 Å². The molecule has 1 N–H and O–H groups in total. The Kier molecular flexibility index (Phi) is 7.35. The molecule has 1 saturated heterocycles. The van der Waals surface area contributed by atoms with Crippen LogP contribution < -0.4 is 5.32 Å². The molecule has 36 heavy (non-hydrogen) atoms. The van der Waals surface area contributed by atoms with Crippen molar-refractivity contribution < 1.29 is 9.21 Å². The zero-order valence-corrected chi connectivity index (χ0v) is 20.5. The number of furan rings is 1. The second-order valence-corrected chi connectivity index (χ2v) is 9.66. The number of rotatable bonds is 8. The van der Waals surface area contributed by atoms with E-state index in [0.717, 1.165) is 26.1 Å². The summed E-state index contributed by atoms with van der Waals surface area (Å²) in [7, 11) is 0. The number of hydrogen-bond donors (Lipinski definition) is 1. The zero-order chi connectivity index (χ0) is 24.9. The summed E-state index contributed by atoms with van der Waals surface area (Å²) < 4.78 is 5.58. The van der Waals surface area contributed by atoms with Crippen LogP contribution in [0.1, 0.15) is 52.7 Å². The Labute approximate surface area is 211 Å². The van der Waals surface area contributed by atoms with Gasteiger partial charge < -0.3 is 9.73 Å². The molecule has 0 radical (unpaired) electrons. The Morgan fingerprint density at radius 1 is 1.03 bits per heavy atom. The maximum Gasteiger partial charge on any atom is 0.351 e. The molecule has 5 rings (SSSR count). The molecule has 184 valence electrons. The van der Waals surface area contributed by atoms with E-state index in [9.17, 15) is 9.70 Å². The molecule has 1 aliphatic heterocycles. The molecule has 0 bridgehead atoms. The van der Waals surface area contributed by atoms with Gasteiger partial charge in [-0.05, 0) is 65.8 Å². The van der Waals surface area contributed by atoms with E-state index in [1.807, 2.05) is 0 Å². The summed E-state index contributed by atoms with van der Waals surface area (Å²) in [5, 5.41) is 8.83. The van der Waals surface area contributed by atoms with Gasteiger partial charge in [0.25, 0.3) is 0 Å². The number of nitroso groups, excluding NO2 is 1. The number of carbonyl (C=O) groups excluding carboxylic acids is 1. The molecule has 0 saturated carbocycles. The smallest absolute Gasteiger partial charge is 0.351 e. The van der Waals surface area contributed by atoms with Gasteiger partial charge in [-0.3, -0.25) is 9.69 Å². The molecular formula is C30H31N3O3. The van der Waals surface area contributed by atoms with Gasteiger partial charge in [0.1, 0.15) is 5.76 Å². The van der Waals surface area contributed by atoms with E-state index < -0.39 is 5.91 Å². The van der Waals surface area contributed by atoms with Gasteiger partial charge in [-0.15, -0.1) is 4.91 Å². The molecule has 0 spiro atoms. The van der Waals surface area contributed by atoms with Crippen LogP contribution in [0.4, 0.5) is 0 Å². The molecule has 3 atom stereocenters. The van der Waals surface area contributed by atoms with Crippen molar-refractivity contribution >= 4 is 16.7 Å². The molecule has 1 amide bonds. The molecule has 3 aromatic carbocycles. The van der Waals surface area contributed by atoms with Crippen molar-refractivity contribution in [2.45, 2.75) is 31.8 Å². The number of carbonyl (C=O) groups is 1. The van der Waals surface area contributed by atoms with Gasteiger partial charge in [-0.2, -0.15) is 0 Å². The summed E-state index contributed by atoms with van der Waals surface area (Å²) in [5.41, 5.74) is 2.69. The normalized spacial score (nSPS) is 19.2. The average Bonchev–Trinajstić information content (AvgIpc) is 3.40. The number of fused-ring (bicyclic) bond motifs is 1. The lowest BCUT2D eigenvalue weighted by Gasteiger charge is -2.39. The summed E-state index contributed by atoms with van der Waals surface area (Å²) in [6, 6.07) is 29.3. The summed E-state index contributed by atoms with van der Waals surface area (Å²) in [6.45, 7) is 5.57. The van der Waals surface area contributed by atoms with Crippen molar-refractivity contribution in [2.24, 2.45) is 11.1 Å². The number of nitrogens with one attached hydrogen (secondary N) is 1. The van der Waals surface area contributed by atoms with Crippen LogP contribution in [-0.2, 0) is 6.54 Å². The summed E-state index contributed by atoms with van der Waals surface area (Å²) in [5.74, 6) is 0.680. The Morgan fingerprint density at radius 2 is 1.81 bits per heavy atom. The van der Waals surface area contributed by atoms with Gasteiger partial charge in [-0.25, -0.2) is 0 Å². The number of piperidine rings is 1. The largest absolute Gasteiger partial charge is 0.454 e. The minimum Gasteiger partial charge on any atom is -0.454 e. The van der Waals surface area contributed by atoms with Gasteiger partial charge >= 0.3 is 5.91 Å². The third kappa shape index (κ3) is 5.30. The van der Waals surface area contributed by atoms with Crippen molar-refractivity contribution in [1.82, 2.24) is 10.2 Å². The zero-order valence-electron chi connectivity index (χ0n) is 20.5. The van der Waals surface area contributed by atoms with Crippen LogP contribution in [-0.4, -0.2) is 30.4 Å². The predicted molar refractivity (Wildman–Crippen MR) is 142 cm³/mol. The topological polar surface area (TPSA) is 74.9 Å². The first-order chi connectivity index (χ1) is 17.6. The van der Waals surface area contributed by atoms with Gasteiger partial charge in [0.15, 0.2) is 5.76 Å². The molecule has 0 aliphatic carbocycles. The van der Waals surface area contributed by atoms with Gasteiger partial charge in [0, 0.05) is 24.3 Å². The Hall–Kier alpha value is -3.61. The number of amides is 1. The molecule has 4 aromatic rings. The van der Waals surface area contributed by atoms with E-state index in [1.165, 1.54) is 28.0 Å². The molecular weight excluding hydrogens is 450 g/mol. The fourth-order valence-electron chi connectivity index (χ4n) is 5.51. The third-order valence-electron chi connectivity index (χ3n) is 7.36. The maximum absolute atomic E-state index is 11.5. The van der Waals surface area contributed by atoms with Crippen molar-refractivity contribution in [3.05, 3.63) is 112 Å². The highest BCUT2D eigenvalue weighted by Crippen LogP contribution is 2.34. The van der Waals surface area contributed by atoms with E-state index in [4.69, 9.17) is 4.42 Å². The Morgan fingerprint density at radius 3 is 2.64 bits per heavy atom. The van der Waals surface area contributed by atoms with E-state index in [0.29, 0.717) is 24.1 Å². The van der Waals surface area contributed by atoms with Crippen molar-refractivity contribution in [3.63, 3.8) is 0 Å². The van der Waals surface area contributed by atoms with Crippen molar-refractivity contribution in [2.75, 3.05) is 19.6 Å². The minimum atomic E-state index is -0.867. The van der Waals surface area contributed by atoms with E-state index in [2.05, 4.69) is 95.1 Å². The average molecular weight is 482 g/mol. The molecule has 1 fully saturated rings. The first-order valence-corrected chi connectivity index (χ1v) is 12.6. The lowest BCUT2D eigenvalue weighted by atomic mass is 9.80. The van der Waals surface area contributed by atoms with E-state index in [-0.39, 0.29) is 11.8 Å². The van der Waals surface area contributed by atoms with Gasteiger partial charge in [0.05, 0.1) is 6.54 Å². The molecule has 1 aromatic heterocycles. The number of hydrogen-bond acceptors (Lipinski definition) is 5. The second kappa shape index (κ2) is 11.0. The van der Waals surface area contributed by atoms with Gasteiger partial charge in [0.2, 0.25) is 0 Å². The number of benzene rings is 3. The number of likely N-dealkylation sites (tertiary alicyclic amines) is 1. The lowest BCUT2D eigenvalue weighted by Crippen LogP contribution is -2.43. The van der Waals surface area contributed by atoms with Gasteiger partial charge in [-0.1, -0.05) is 72.8 Å². The highest BCUT2D eigenvalue weighted by atomic mass is 16.4. The summed E-state index contributed by atoms with van der Waals surface area (Å²) in [6.07, 6.45) is 1.04. The SMILES string of the molecule is C[C@@H](NCC1CN(Cc2ccc(C(=O)N=O)o2)CCC1c1ccccc1)c1cccc2ccccc12. The Bertz CT molecular complexity index is 1330. The van der Waals surface area contributed by atoms with Crippen LogP contribution in [0.2, 0.25) is 0 Å². The summed E-state index contributed by atoms with van der Waals surface area (Å²) in [4.78, 5) is 24.4. The number of nitrogens with zero attached hydrogens (tertiary/aromatic N) is 2. The fourth-order valence-corrected chi connectivity index (χ4v) is 5.51. The minimum absolute atomic E-state index is 0.00120. The fraction of sp³-hybridized carbons (Fsp3) is 0.300. The Balaban J connectivity index is 1.31. The first kappa shape index (κ1) is 24.1. The lowest BCUT2D eigenvalue weighted by molar-refractivity contribution is 0.0966. The molecule has 6 nitrogen and oxygen atoms in total. The quantitative estimate of drug-likeness (QED) is 0.299. The second-order valence-electron chi connectivity index (χ2n) is 9.66. The van der Waals surface area contributed by atoms with Crippen LogP contribution in [0, 0.1) is 10.8 Å². The van der Waals surface area contributed by atoms with Crippen LogP contribution in [0.15, 0.2) is 94.5 Å². The van der Waals surface area contributed by atoms with Crippen LogP contribution in [0.3, 0.4) is 0 Å². The highest BCUT2D eigenvalue weighted by Gasteiger charge is 2.31. The van der Waals surface area contributed by atoms with Crippen molar-refractivity contribution in [1.29, 1.82) is 0 Å². The standard InChI is InChI=1S/C30H31N3O3/c1-21(26-13-7-11-23-10-5-6-12-28(23)26)31-18-24-19-33(17-16-27(24)22-8-3-2-4-9-22)20-25-14-15-29(36-25)30(34)32-35/h2-15,21,24,27,31H,16-20H2,1H3/t21-,24?,27?/m1/s1. The highest BCUT2D eigenvalue weighted by molar-refractivity contribution is 5.92. The molecule has 1 aliphatic rings. The van der Waals surface area contributed by atoms with Crippen LogP contribution in [0.25, 0.3) is 10.8 Å². The first-order valence-electron chi connectivity index (χ1n) is 12.6. The van der Waals surface area contributed by atoms with E-state index in [1.54, 1.807) is 6.07 Å². The molecule has 2 heterocycles. The molecule has 2 unspecified atom stereocenters. The van der Waals surface area contributed by atoms with Crippen LogP contribution >= 0.6 is 0 Å². The predicted octanol–water partition coefficient (Wildman–Crippen LogP) is 6.30. The monoisotopic (exact) mass is 481 g/mol. The molecule has 6 heteroatoms. The van der Waals surface area contributed by atoms with E-state index >= 15 is 0 Å². The third-order valence-corrected chi connectivity index (χ3v) is 7.36. The summed E-state index contributed by atoms with van der Waals surface area (Å²) >= 11 is 0. The van der Waals surface area contributed by atoms with Crippen molar-refractivity contribution in [3.8, 4) is 0 Å².